The molecular formula is C19H20F3N5O. The maximum atomic E-state index is 12.6. The average molecular weight is 391 g/mol. The molecule has 0 spiro atoms. The second-order valence-electron chi connectivity index (χ2n) is 7.09. The van der Waals surface area contributed by atoms with Crippen LogP contribution in [0.25, 0.3) is 0 Å². The topological polar surface area (TPSA) is 62.2 Å². The molecule has 2 aromatic heterocycles. The van der Waals surface area contributed by atoms with E-state index in [4.69, 9.17) is 0 Å². The van der Waals surface area contributed by atoms with Crippen LogP contribution in [0.3, 0.4) is 0 Å². The first kappa shape index (κ1) is 18.6. The number of aromatic nitrogens is 3. The van der Waals surface area contributed by atoms with Crippen LogP contribution in [-0.4, -0.2) is 52.2 Å². The molecule has 148 valence electrons. The zero-order chi connectivity index (χ0) is 19.7. The van der Waals surface area contributed by atoms with Gasteiger partial charge in [0.15, 0.2) is 5.82 Å². The van der Waals surface area contributed by atoms with Gasteiger partial charge in [-0.05, 0) is 49.4 Å². The minimum Gasteiger partial charge on any atom is -0.352 e. The van der Waals surface area contributed by atoms with Gasteiger partial charge in [-0.25, -0.2) is 0 Å². The van der Waals surface area contributed by atoms with Gasteiger partial charge in [-0.1, -0.05) is 0 Å². The van der Waals surface area contributed by atoms with E-state index < -0.39 is 11.9 Å². The Hall–Kier alpha value is -2.71. The van der Waals surface area contributed by atoms with Crippen molar-refractivity contribution >= 4 is 11.7 Å². The first-order valence-electron chi connectivity index (χ1n) is 9.35. The van der Waals surface area contributed by atoms with Crippen molar-refractivity contribution in [2.24, 2.45) is 0 Å². The third-order valence-electron chi connectivity index (χ3n) is 5.25. The maximum absolute atomic E-state index is 12.6. The molecule has 0 atom stereocenters. The standard InChI is InChI=1S/C19H20F3N5O/c20-19(21,22)16-6-5-14(12-23-16)18(28)27-9-7-26(8-10-27)17-11-13-3-1-2-4-15(13)24-25-17/h5-6,11-12H,1-4,7-10H2. The number of anilines is 1. The summed E-state index contributed by atoms with van der Waals surface area (Å²) in [5, 5.41) is 8.68. The number of carbonyl (C=O) groups is 1. The zero-order valence-electron chi connectivity index (χ0n) is 15.2. The van der Waals surface area contributed by atoms with Gasteiger partial charge in [-0.15, -0.1) is 5.10 Å². The predicted molar refractivity (Wildman–Crippen MR) is 96.0 cm³/mol. The van der Waals surface area contributed by atoms with Crippen molar-refractivity contribution in [3.05, 3.63) is 46.9 Å². The highest BCUT2D eigenvalue weighted by Gasteiger charge is 2.32. The van der Waals surface area contributed by atoms with E-state index in [0.717, 1.165) is 43.0 Å². The van der Waals surface area contributed by atoms with Crippen LogP contribution in [0.2, 0.25) is 0 Å². The lowest BCUT2D eigenvalue weighted by molar-refractivity contribution is -0.141. The number of pyridine rings is 1. The molecule has 9 heteroatoms. The Labute approximate surface area is 160 Å². The van der Waals surface area contributed by atoms with E-state index in [9.17, 15) is 18.0 Å². The van der Waals surface area contributed by atoms with E-state index in [0.29, 0.717) is 26.2 Å². The monoisotopic (exact) mass is 391 g/mol. The average Bonchev–Trinajstić information content (AvgIpc) is 2.72. The molecule has 0 aromatic carbocycles. The van der Waals surface area contributed by atoms with Crippen LogP contribution < -0.4 is 4.90 Å². The quantitative estimate of drug-likeness (QED) is 0.788. The number of piperazine rings is 1. The normalized spacial score (nSPS) is 17.4. The first-order valence-corrected chi connectivity index (χ1v) is 9.35. The molecule has 3 heterocycles. The number of alkyl halides is 3. The van der Waals surface area contributed by atoms with Gasteiger partial charge in [-0.2, -0.15) is 18.3 Å². The summed E-state index contributed by atoms with van der Waals surface area (Å²) in [5.41, 5.74) is 1.50. The van der Waals surface area contributed by atoms with Crippen LogP contribution in [-0.2, 0) is 19.0 Å². The summed E-state index contributed by atoms with van der Waals surface area (Å²) < 4.78 is 37.8. The number of fused-ring (bicyclic) bond motifs is 1. The summed E-state index contributed by atoms with van der Waals surface area (Å²) >= 11 is 0. The van der Waals surface area contributed by atoms with Crippen molar-refractivity contribution in [2.75, 3.05) is 31.1 Å². The van der Waals surface area contributed by atoms with Crippen LogP contribution in [0.4, 0.5) is 19.0 Å². The number of rotatable bonds is 2. The lowest BCUT2D eigenvalue weighted by Crippen LogP contribution is -2.49. The molecule has 0 N–H and O–H groups in total. The van der Waals surface area contributed by atoms with Gasteiger partial charge in [0.1, 0.15) is 5.69 Å². The number of aryl methyl sites for hydroxylation is 2. The second kappa shape index (κ2) is 7.37. The summed E-state index contributed by atoms with van der Waals surface area (Å²) in [6.07, 6.45) is 0.807. The van der Waals surface area contributed by atoms with Crippen LogP contribution in [0.1, 0.15) is 40.2 Å². The summed E-state index contributed by atoms with van der Waals surface area (Å²) in [5.74, 6) is 0.515. The Kier molecular flexibility index (Phi) is 4.91. The molecule has 0 unspecified atom stereocenters. The molecule has 0 saturated carbocycles. The minimum absolute atomic E-state index is 0.162. The number of carbonyl (C=O) groups excluding carboxylic acids is 1. The Bertz CT molecular complexity index is 861. The molecule has 1 aliphatic heterocycles. The van der Waals surface area contributed by atoms with Gasteiger partial charge >= 0.3 is 6.18 Å². The van der Waals surface area contributed by atoms with Crippen molar-refractivity contribution < 1.29 is 18.0 Å². The van der Waals surface area contributed by atoms with Crippen LogP contribution in [0.15, 0.2) is 24.4 Å². The molecule has 2 aliphatic rings. The molecule has 1 fully saturated rings. The Morgan fingerprint density at radius 2 is 1.75 bits per heavy atom. The van der Waals surface area contributed by atoms with E-state index in [1.807, 2.05) is 0 Å². The van der Waals surface area contributed by atoms with Crippen LogP contribution in [0, 0.1) is 0 Å². The van der Waals surface area contributed by atoms with Gasteiger partial charge in [-0.3, -0.25) is 9.78 Å². The van der Waals surface area contributed by atoms with Gasteiger partial charge in [0.25, 0.3) is 5.91 Å². The third kappa shape index (κ3) is 3.79. The molecule has 1 aliphatic carbocycles. The lowest BCUT2D eigenvalue weighted by Gasteiger charge is -2.35. The fraction of sp³-hybridized carbons (Fsp3) is 0.474. The molecule has 0 bridgehead atoms. The van der Waals surface area contributed by atoms with E-state index in [1.54, 1.807) is 4.90 Å². The lowest BCUT2D eigenvalue weighted by atomic mass is 9.97. The van der Waals surface area contributed by atoms with E-state index >= 15 is 0 Å². The van der Waals surface area contributed by atoms with Crippen molar-refractivity contribution in [3.8, 4) is 0 Å². The number of nitrogens with zero attached hydrogens (tertiary/aromatic N) is 5. The van der Waals surface area contributed by atoms with Gasteiger partial charge in [0.05, 0.1) is 11.3 Å². The van der Waals surface area contributed by atoms with Crippen LogP contribution in [0.5, 0.6) is 0 Å². The van der Waals surface area contributed by atoms with Crippen LogP contribution >= 0.6 is 0 Å². The van der Waals surface area contributed by atoms with Gasteiger partial charge < -0.3 is 9.80 Å². The number of halogens is 3. The smallest absolute Gasteiger partial charge is 0.352 e. The third-order valence-corrected chi connectivity index (χ3v) is 5.25. The van der Waals surface area contributed by atoms with E-state index in [2.05, 4.69) is 26.1 Å². The van der Waals surface area contributed by atoms with E-state index in [-0.39, 0.29) is 11.5 Å². The van der Waals surface area contributed by atoms with Crippen molar-refractivity contribution in [3.63, 3.8) is 0 Å². The minimum atomic E-state index is -4.51. The molecule has 2 aromatic rings. The molecule has 1 saturated heterocycles. The molecule has 4 rings (SSSR count). The second-order valence-corrected chi connectivity index (χ2v) is 7.09. The van der Waals surface area contributed by atoms with E-state index in [1.165, 1.54) is 18.1 Å². The molecular weight excluding hydrogens is 371 g/mol. The summed E-state index contributed by atoms with van der Waals surface area (Å²) in [7, 11) is 0. The van der Waals surface area contributed by atoms with Crippen molar-refractivity contribution in [1.82, 2.24) is 20.1 Å². The first-order chi connectivity index (χ1) is 13.4. The number of hydrogen-bond acceptors (Lipinski definition) is 5. The molecule has 1 amide bonds. The highest BCUT2D eigenvalue weighted by molar-refractivity contribution is 5.94. The molecule has 6 nitrogen and oxygen atoms in total. The molecule has 0 radical (unpaired) electrons. The fourth-order valence-electron chi connectivity index (χ4n) is 3.64. The molecule has 28 heavy (non-hydrogen) atoms. The highest BCUT2D eigenvalue weighted by atomic mass is 19.4. The Balaban J connectivity index is 1.39. The summed E-state index contributed by atoms with van der Waals surface area (Å²) in [4.78, 5) is 19.6. The number of amides is 1. The Morgan fingerprint density at radius 1 is 1.00 bits per heavy atom. The fourth-order valence-corrected chi connectivity index (χ4v) is 3.64. The largest absolute Gasteiger partial charge is 0.433 e. The Morgan fingerprint density at radius 3 is 2.43 bits per heavy atom. The highest BCUT2D eigenvalue weighted by Crippen LogP contribution is 2.27. The van der Waals surface area contributed by atoms with Crippen molar-refractivity contribution in [2.45, 2.75) is 31.9 Å². The summed E-state index contributed by atoms with van der Waals surface area (Å²) in [6, 6.07) is 4.12. The summed E-state index contributed by atoms with van der Waals surface area (Å²) in [6.45, 7) is 2.15. The SMILES string of the molecule is O=C(c1ccc(C(F)(F)F)nc1)N1CCN(c2cc3c(nn2)CCCC3)CC1. The zero-order valence-corrected chi connectivity index (χ0v) is 15.2. The predicted octanol–water partition coefficient (Wildman–Crippen LogP) is 2.73. The van der Waals surface area contributed by atoms with Gasteiger partial charge in [0.2, 0.25) is 0 Å². The van der Waals surface area contributed by atoms with Gasteiger partial charge in [0, 0.05) is 32.4 Å². The number of hydrogen-bond donors (Lipinski definition) is 0. The maximum Gasteiger partial charge on any atom is 0.433 e. The van der Waals surface area contributed by atoms with Crippen molar-refractivity contribution in [1.29, 1.82) is 0 Å².